The fourth-order valence-corrected chi connectivity index (χ4v) is 5.79. The molecule has 0 radical (unpaired) electrons. The van der Waals surface area contributed by atoms with Gasteiger partial charge in [-0.25, -0.2) is 12.8 Å². The van der Waals surface area contributed by atoms with Crippen molar-refractivity contribution < 1.29 is 17.4 Å². The Morgan fingerprint density at radius 3 is 1.32 bits per heavy atom. The number of alkyl halides is 1. The fourth-order valence-electron chi connectivity index (χ4n) is 2.69. The summed E-state index contributed by atoms with van der Waals surface area (Å²) in [5.74, 6) is 0. The minimum absolute atomic E-state index is 0.203. The lowest BCUT2D eigenvalue weighted by Gasteiger charge is -2.10. The van der Waals surface area contributed by atoms with Gasteiger partial charge in [0.2, 0.25) is 0 Å². The van der Waals surface area contributed by atoms with Crippen molar-refractivity contribution in [2.24, 2.45) is 0 Å². The third-order valence-corrected chi connectivity index (χ3v) is 7.61. The lowest BCUT2D eigenvalue weighted by Crippen LogP contribution is -2.20. The smallest absolute Gasteiger partial charge is 0.189 e. The molecule has 3 aromatic carbocycles. The topological polar surface area (TPSA) is 57.2 Å². The summed E-state index contributed by atoms with van der Waals surface area (Å²) in [4.78, 5) is 0. The first kappa shape index (κ1) is 22.2. The van der Waals surface area contributed by atoms with Gasteiger partial charge in [0.1, 0.15) is 26.0 Å². The number of hydrogen-bond donors (Lipinski definition) is 0. The van der Waals surface area contributed by atoms with E-state index in [-0.39, 0.29) is 6.42 Å². The van der Waals surface area contributed by atoms with Gasteiger partial charge in [-0.3, -0.25) is 0 Å². The highest BCUT2D eigenvalue weighted by Crippen LogP contribution is 2.32. The maximum atomic E-state index is 12.0. The summed E-state index contributed by atoms with van der Waals surface area (Å²) in [6, 6.07) is 32.5. The molecule has 0 fully saturated rings. The monoisotopic (exact) mass is 418 g/mol. The minimum Gasteiger partial charge on any atom is -0.746 e. The molecular formula is C22H24FO3PS. The van der Waals surface area contributed by atoms with Crippen molar-refractivity contribution in [3.8, 4) is 0 Å². The zero-order valence-electron chi connectivity index (χ0n) is 15.7. The van der Waals surface area contributed by atoms with Crippen molar-refractivity contribution in [3.63, 3.8) is 0 Å². The maximum absolute atomic E-state index is 12.0. The van der Waals surface area contributed by atoms with E-state index < -0.39 is 23.5 Å². The summed E-state index contributed by atoms with van der Waals surface area (Å²) in [7, 11) is -5.56. The second kappa shape index (κ2) is 11.1. The van der Waals surface area contributed by atoms with Crippen LogP contribution >= 0.6 is 7.92 Å². The van der Waals surface area contributed by atoms with E-state index in [0.717, 1.165) is 0 Å². The molecule has 0 amide bonds. The number of hydrogen-bond acceptors (Lipinski definition) is 3. The molecule has 0 aliphatic carbocycles. The van der Waals surface area contributed by atoms with E-state index in [1.807, 2.05) is 0 Å². The van der Waals surface area contributed by atoms with Crippen LogP contribution in [-0.4, -0.2) is 18.5 Å². The molecule has 0 heterocycles. The Hall–Kier alpha value is -2.07. The quantitative estimate of drug-likeness (QED) is 0.452. The van der Waals surface area contributed by atoms with E-state index in [2.05, 4.69) is 91.0 Å². The van der Waals surface area contributed by atoms with Gasteiger partial charge in [0, 0.05) is 0 Å². The Bertz CT molecular complexity index is 826. The number of benzene rings is 3. The first-order valence-corrected chi connectivity index (χ1v) is 12.0. The molecule has 28 heavy (non-hydrogen) atoms. The standard InChI is InChI=1S/C18H15P.C4H9FO3S/c1-4-10-16(11-5-1)19(17-12-6-2-7-13-17)18-14-8-3-9-15-18;1-2-3-4(5)9(6,7)8/h1-15H;4H,2-3H2,1H3,(H,6,7,8). The molecular weight excluding hydrogens is 394 g/mol. The highest BCUT2D eigenvalue weighted by atomic mass is 32.2. The van der Waals surface area contributed by atoms with Crippen LogP contribution in [0.4, 0.5) is 4.39 Å². The zero-order chi connectivity index (χ0) is 20.4. The number of rotatable bonds is 6. The van der Waals surface area contributed by atoms with Gasteiger partial charge in [-0.05, 0) is 42.8 Å². The minimum atomic E-state index is -4.68. The van der Waals surface area contributed by atoms with Gasteiger partial charge in [-0.15, -0.1) is 0 Å². The van der Waals surface area contributed by atoms with Crippen LogP contribution in [0.25, 0.3) is 0 Å². The van der Waals surface area contributed by atoms with Gasteiger partial charge >= 0.3 is 0 Å². The van der Waals surface area contributed by atoms with E-state index in [9.17, 15) is 17.4 Å². The normalized spacial score (nSPS) is 12.1. The van der Waals surface area contributed by atoms with Gasteiger partial charge in [0.25, 0.3) is 0 Å². The van der Waals surface area contributed by atoms with Crippen LogP contribution in [0.2, 0.25) is 0 Å². The molecule has 0 aliphatic heterocycles. The molecule has 1 atom stereocenters. The predicted molar refractivity (Wildman–Crippen MR) is 116 cm³/mol. The van der Waals surface area contributed by atoms with Crippen molar-refractivity contribution in [3.05, 3.63) is 91.0 Å². The maximum Gasteiger partial charge on any atom is 0.189 e. The molecule has 0 bridgehead atoms. The van der Waals surface area contributed by atoms with Crippen LogP contribution < -0.4 is 15.9 Å². The van der Waals surface area contributed by atoms with Crippen molar-refractivity contribution in [2.45, 2.75) is 25.3 Å². The first-order chi connectivity index (χ1) is 13.4. The molecule has 0 saturated carbocycles. The van der Waals surface area contributed by atoms with Crippen LogP contribution in [0, 0.1) is 0 Å². The number of halogens is 1. The molecule has 0 spiro atoms. The molecule has 0 saturated heterocycles. The summed E-state index contributed by atoms with van der Waals surface area (Å²) in [6.07, 6.45) is 0.161. The predicted octanol–water partition coefficient (Wildman–Crippen LogP) is 3.80. The summed E-state index contributed by atoms with van der Waals surface area (Å²) >= 11 is 0. The van der Waals surface area contributed by atoms with E-state index in [0.29, 0.717) is 6.42 Å². The van der Waals surface area contributed by atoms with Gasteiger partial charge in [0.05, 0.1) is 7.92 Å². The van der Waals surface area contributed by atoms with E-state index >= 15 is 0 Å². The third-order valence-electron chi connectivity index (χ3n) is 4.02. The molecule has 6 heteroatoms. The largest absolute Gasteiger partial charge is 0.746 e. The van der Waals surface area contributed by atoms with Crippen LogP contribution in [0.15, 0.2) is 91.0 Å². The lowest BCUT2D eigenvalue weighted by molar-refractivity contribution is 0.349. The van der Waals surface area contributed by atoms with Gasteiger partial charge in [-0.2, -0.15) is 0 Å². The van der Waals surface area contributed by atoms with Gasteiger partial charge < -0.3 is 4.55 Å². The summed E-state index contributed by atoms with van der Waals surface area (Å²) in [5.41, 5.74) is -2.22. The average molecular weight is 418 g/mol. The Labute approximate surface area is 167 Å². The second-order valence-electron chi connectivity index (χ2n) is 6.16. The SMILES string of the molecule is CCCC(F)S(=O)(=O)[O-].c1ccc([PH+](c2ccccc2)c2ccccc2)cc1. The molecule has 3 rings (SSSR count). The third kappa shape index (κ3) is 6.83. The zero-order valence-corrected chi connectivity index (χ0v) is 17.5. The second-order valence-corrected chi connectivity index (χ2v) is 10.1. The van der Waals surface area contributed by atoms with E-state index in [1.54, 1.807) is 6.92 Å². The van der Waals surface area contributed by atoms with Crippen molar-refractivity contribution in [1.82, 2.24) is 0 Å². The fraction of sp³-hybridized carbons (Fsp3) is 0.182. The van der Waals surface area contributed by atoms with E-state index in [4.69, 9.17) is 0 Å². The molecule has 3 nitrogen and oxygen atoms in total. The van der Waals surface area contributed by atoms with Crippen molar-refractivity contribution in [1.29, 1.82) is 0 Å². The van der Waals surface area contributed by atoms with Crippen LogP contribution in [0.5, 0.6) is 0 Å². The average Bonchev–Trinajstić information content (AvgIpc) is 2.71. The van der Waals surface area contributed by atoms with Crippen LogP contribution in [-0.2, 0) is 10.1 Å². The first-order valence-electron chi connectivity index (χ1n) is 9.05. The Kier molecular flexibility index (Phi) is 8.78. The molecule has 148 valence electrons. The summed E-state index contributed by atoms with van der Waals surface area (Å²) in [5, 5.41) is 4.31. The van der Waals surface area contributed by atoms with E-state index in [1.165, 1.54) is 15.9 Å². The van der Waals surface area contributed by atoms with Gasteiger partial charge in [-0.1, -0.05) is 67.9 Å². The molecule has 0 aliphatic rings. The molecule has 3 aromatic rings. The van der Waals surface area contributed by atoms with Crippen LogP contribution in [0.1, 0.15) is 19.8 Å². The highest BCUT2D eigenvalue weighted by molar-refractivity contribution is 7.86. The Morgan fingerprint density at radius 1 is 0.786 bits per heavy atom. The van der Waals surface area contributed by atoms with Crippen LogP contribution in [0.3, 0.4) is 0 Å². The molecule has 0 aromatic heterocycles. The summed E-state index contributed by atoms with van der Waals surface area (Å²) < 4.78 is 41.4. The Morgan fingerprint density at radius 2 is 1.11 bits per heavy atom. The lowest BCUT2D eigenvalue weighted by atomic mass is 10.4. The van der Waals surface area contributed by atoms with Crippen molar-refractivity contribution >= 4 is 34.0 Å². The van der Waals surface area contributed by atoms with Crippen molar-refractivity contribution in [2.75, 3.05) is 0 Å². The highest BCUT2D eigenvalue weighted by Gasteiger charge is 2.24. The molecule has 0 N–H and O–H groups in total. The Balaban J connectivity index is 0.000000266. The molecule has 1 unspecified atom stereocenters. The van der Waals surface area contributed by atoms with Gasteiger partial charge in [0.15, 0.2) is 5.50 Å². The summed E-state index contributed by atoms with van der Waals surface area (Å²) in [6.45, 7) is 1.61.